The molecule has 0 rings (SSSR count). The number of rotatable bonds is 28. The largest absolute Gasteiger partial charge is 1.00 e. The van der Waals surface area contributed by atoms with Crippen LogP contribution in [0.2, 0.25) is 6.04 Å². The summed E-state index contributed by atoms with van der Waals surface area (Å²) in [6.07, 6.45) is 22.2. The molecular formula is C30H66ClNO3Si. The van der Waals surface area contributed by atoms with Crippen molar-refractivity contribution < 1.29 is 30.2 Å². The van der Waals surface area contributed by atoms with Gasteiger partial charge in [0.15, 0.2) is 0 Å². The molecule has 0 unspecified atom stereocenters. The Morgan fingerprint density at radius 1 is 0.417 bits per heavy atom. The first-order chi connectivity index (χ1) is 17.1. The average Bonchev–Trinajstić information content (AvgIpc) is 2.83. The Bertz CT molecular complexity index is 419. The Morgan fingerprint density at radius 3 is 1.14 bits per heavy atom. The van der Waals surface area contributed by atoms with Gasteiger partial charge in [0.25, 0.3) is 0 Å². The summed E-state index contributed by atoms with van der Waals surface area (Å²) >= 11 is 0. The van der Waals surface area contributed by atoms with E-state index in [2.05, 4.69) is 41.5 Å². The van der Waals surface area contributed by atoms with E-state index in [1.807, 2.05) is 0 Å². The van der Waals surface area contributed by atoms with Gasteiger partial charge in [-0.2, -0.15) is 0 Å². The minimum atomic E-state index is -2.52. The number of hydrogen-bond acceptors (Lipinski definition) is 3. The van der Waals surface area contributed by atoms with Gasteiger partial charge in [-0.05, 0) is 46.5 Å². The van der Waals surface area contributed by atoms with E-state index in [9.17, 15) is 0 Å². The van der Waals surface area contributed by atoms with Crippen LogP contribution in [0, 0.1) is 0 Å². The minimum Gasteiger partial charge on any atom is -1.00 e. The lowest BCUT2D eigenvalue weighted by atomic mass is 10.0. The second kappa shape index (κ2) is 26.9. The maximum atomic E-state index is 6.11. The van der Waals surface area contributed by atoms with Crippen molar-refractivity contribution in [2.45, 2.75) is 150 Å². The SMILES string of the molecule is CCCCCCCCCCCCCCC[N+](CCC)(CCC)CCC[Si](OCC)(OCC)OCC.[Cl-]. The Balaban J connectivity index is 0. The highest BCUT2D eigenvalue weighted by molar-refractivity contribution is 6.60. The Labute approximate surface area is 235 Å². The molecule has 0 saturated carbocycles. The lowest BCUT2D eigenvalue weighted by molar-refractivity contribution is -0.928. The van der Waals surface area contributed by atoms with Gasteiger partial charge in [0, 0.05) is 32.3 Å². The molecular weight excluding hydrogens is 486 g/mol. The van der Waals surface area contributed by atoms with Crippen molar-refractivity contribution in [1.82, 2.24) is 0 Å². The summed E-state index contributed by atoms with van der Waals surface area (Å²) in [5.41, 5.74) is 0. The molecule has 220 valence electrons. The van der Waals surface area contributed by atoms with Gasteiger partial charge in [-0.3, -0.25) is 0 Å². The van der Waals surface area contributed by atoms with E-state index in [1.165, 1.54) is 127 Å². The summed E-state index contributed by atoms with van der Waals surface area (Å²) in [5, 5.41) is 0. The third-order valence-corrected chi connectivity index (χ3v) is 10.5. The monoisotopic (exact) mass is 551 g/mol. The van der Waals surface area contributed by atoms with Crippen molar-refractivity contribution in [2.24, 2.45) is 0 Å². The van der Waals surface area contributed by atoms with Crippen LogP contribution in [-0.4, -0.2) is 59.3 Å². The zero-order valence-corrected chi connectivity index (χ0v) is 27.3. The standard InChI is InChI=1S/C30H66NO3Si.ClH/c1-7-13-14-15-16-17-18-19-20-21-22-23-24-28-31(26-8-2,27-9-3)29-25-30-35(32-10-4,33-11-5)34-12-6;/h7-30H2,1-6H3;1H/q+1;/p-1. The van der Waals surface area contributed by atoms with Crippen LogP contribution in [0.5, 0.6) is 0 Å². The Kier molecular flexibility index (Phi) is 28.8. The molecule has 0 heterocycles. The van der Waals surface area contributed by atoms with E-state index in [4.69, 9.17) is 13.3 Å². The molecule has 0 fully saturated rings. The van der Waals surface area contributed by atoms with Gasteiger partial charge in [-0.15, -0.1) is 0 Å². The molecule has 0 aliphatic carbocycles. The van der Waals surface area contributed by atoms with Crippen molar-refractivity contribution in [1.29, 1.82) is 0 Å². The summed E-state index contributed by atoms with van der Waals surface area (Å²) in [6.45, 7) is 20.4. The van der Waals surface area contributed by atoms with Gasteiger partial charge in [-0.25, -0.2) is 0 Å². The fraction of sp³-hybridized carbons (Fsp3) is 1.00. The van der Waals surface area contributed by atoms with Crippen LogP contribution in [0.15, 0.2) is 0 Å². The Hall–Kier alpha value is 0.347. The molecule has 0 bridgehead atoms. The van der Waals surface area contributed by atoms with E-state index >= 15 is 0 Å². The first-order valence-corrected chi connectivity index (χ1v) is 17.8. The van der Waals surface area contributed by atoms with Crippen LogP contribution in [0.25, 0.3) is 0 Å². The molecule has 0 aromatic carbocycles. The molecule has 0 aliphatic heterocycles. The van der Waals surface area contributed by atoms with Crippen molar-refractivity contribution in [3.8, 4) is 0 Å². The molecule has 0 saturated heterocycles. The molecule has 4 nitrogen and oxygen atoms in total. The summed E-state index contributed by atoms with van der Waals surface area (Å²) in [4.78, 5) is 0. The molecule has 0 aliphatic rings. The minimum absolute atomic E-state index is 0. The third-order valence-electron chi connectivity index (χ3n) is 7.34. The maximum absolute atomic E-state index is 6.11. The predicted octanol–water partition coefficient (Wildman–Crippen LogP) is 6.16. The van der Waals surface area contributed by atoms with E-state index in [0.29, 0.717) is 19.8 Å². The zero-order valence-electron chi connectivity index (χ0n) is 25.5. The molecule has 0 aromatic heterocycles. The lowest BCUT2D eigenvalue weighted by Crippen LogP contribution is -3.00. The van der Waals surface area contributed by atoms with Gasteiger partial charge in [0.05, 0.1) is 26.2 Å². The van der Waals surface area contributed by atoms with Crippen LogP contribution in [-0.2, 0) is 13.3 Å². The van der Waals surface area contributed by atoms with Crippen molar-refractivity contribution in [2.75, 3.05) is 46.0 Å². The highest BCUT2D eigenvalue weighted by atomic mass is 35.5. The van der Waals surface area contributed by atoms with Crippen LogP contribution >= 0.6 is 0 Å². The molecule has 6 heteroatoms. The fourth-order valence-electron chi connectivity index (χ4n) is 5.72. The molecule has 0 N–H and O–H groups in total. The van der Waals surface area contributed by atoms with Gasteiger partial charge in [0.2, 0.25) is 0 Å². The van der Waals surface area contributed by atoms with Crippen molar-refractivity contribution in [3.05, 3.63) is 0 Å². The number of hydrogen-bond donors (Lipinski definition) is 0. The second-order valence-electron chi connectivity index (χ2n) is 10.6. The van der Waals surface area contributed by atoms with Crippen LogP contribution in [0.3, 0.4) is 0 Å². The van der Waals surface area contributed by atoms with Crippen LogP contribution in [0.1, 0.15) is 144 Å². The highest BCUT2D eigenvalue weighted by Gasteiger charge is 2.40. The first-order valence-electron chi connectivity index (χ1n) is 15.8. The highest BCUT2D eigenvalue weighted by Crippen LogP contribution is 2.22. The van der Waals surface area contributed by atoms with E-state index in [1.54, 1.807) is 0 Å². The molecule has 0 spiro atoms. The normalized spacial score (nSPS) is 12.2. The maximum Gasteiger partial charge on any atom is 0.501 e. The van der Waals surface area contributed by atoms with Crippen molar-refractivity contribution in [3.63, 3.8) is 0 Å². The summed E-state index contributed by atoms with van der Waals surface area (Å²) in [7, 11) is -2.52. The fourth-order valence-corrected chi connectivity index (χ4v) is 8.31. The van der Waals surface area contributed by atoms with Gasteiger partial charge < -0.3 is 30.2 Å². The summed E-state index contributed by atoms with van der Waals surface area (Å²) in [6, 6.07) is 0.953. The van der Waals surface area contributed by atoms with E-state index < -0.39 is 8.80 Å². The molecule has 0 radical (unpaired) electrons. The molecule has 36 heavy (non-hydrogen) atoms. The zero-order chi connectivity index (χ0) is 26.1. The molecule has 0 atom stereocenters. The first kappa shape index (κ1) is 38.5. The molecule has 0 amide bonds. The summed E-state index contributed by atoms with van der Waals surface area (Å²) in [5.74, 6) is 0. The average molecular weight is 552 g/mol. The lowest BCUT2D eigenvalue weighted by Gasteiger charge is -2.39. The summed E-state index contributed by atoms with van der Waals surface area (Å²) < 4.78 is 19.6. The van der Waals surface area contributed by atoms with Crippen molar-refractivity contribution >= 4 is 8.80 Å². The second-order valence-corrected chi connectivity index (χ2v) is 13.3. The van der Waals surface area contributed by atoms with E-state index in [0.717, 1.165) is 12.5 Å². The molecule has 0 aromatic rings. The van der Waals surface area contributed by atoms with E-state index in [-0.39, 0.29) is 12.4 Å². The van der Waals surface area contributed by atoms with Crippen LogP contribution < -0.4 is 12.4 Å². The Morgan fingerprint density at radius 2 is 0.778 bits per heavy atom. The van der Waals surface area contributed by atoms with Gasteiger partial charge in [0.1, 0.15) is 0 Å². The van der Waals surface area contributed by atoms with Crippen LogP contribution in [0.4, 0.5) is 0 Å². The number of nitrogens with zero attached hydrogens (tertiary/aromatic N) is 1. The number of quaternary nitrogens is 1. The smallest absolute Gasteiger partial charge is 0.501 e. The quantitative estimate of drug-likeness (QED) is 0.0662. The third kappa shape index (κ3) is 19.4. The number of halogens is 1. The van der Waals surface area contributed by atoms with Gasteiger partial charge in [-0.1, -0.05) is 91.4 Å². The predicted molar refractivity (Wildman–Crippen MR) is 156 cm³/mol. The number of unbranched alkanes of at least 4 members (excludes halogenated alkanes) is 12. The van der Waals surface area contributed by atoms with Gasteiger partial charge >= 0.3 is 8.80 Å². The topological polar surface area (TPSA) is 27.7 Å².